The molecule has 0 bridgehead atoms. The van der Waals surface area contributed by atoms with Crippen molar-refractivity contribution in [1.29, 1.82) is 0 Å². The lowest BCUT2D eigenvalue weighted by atomic mass is 9.89. The van der Waals surface area contributed by atoms with Crippen molar-refractivity contribution in [2.75, 3.05) is 19.7 Å². The Hall–Kier alpha value is -2.04. The van der Waals surface area contributed by atoms with E-state index >= 15 is 0 Å². The number of piperidine rings is 1. The Morgan fingerprint density at radius 2 is 1.86 bits per heavy atom. The summed E-state index contributed by atoms with van der Waals surface area (Å²) in [4.78, 5) is 24.7. The molecule has 1 aromatic rings. The van der Waals surface area contributed by atoms with Crippen LogP contribution in [0.3, 0.4) is 0 Å². The van der Waals surface area contributed by atoms with E-state index in [-0.39, 0.29) is 6.09 Å². The lowest BCUT2D eigenvalue weighted by Crippen LogP contribution is -2.38. The number of nitrogens with two attached hydrogens (primary N) is 1. The van der Waals surface area contributed by atoms with Crippen LogP contribution in [0.15, 0.2) is 24.3 Å². The number of benzene rings is 1. The van der Waals surface area contributed by atoms with E-state index in [1.165, 1.54) is 5.56 Å². The van der Waals surface area contributed by atoms with E-state index in [0.29, 0.717) is 31.2 Å². The van der Waals surface area contributed by atoms with Crippen molar-refractivity contribution >= 4 is 12.0 Å². The monoisotopic (exact) mass is 304 g/mol. The summed E-state index contributed by atoms with van der Waals surface area (Å²) in [6.45, 7) is 4.01. The summed E-state index contributed by atoms with van der Waals surface area (Å²) in [5.74, 6) is 0.0119. The van der Waals surface area contributed by atoms with E-state index in [1.807, 2.05) is 12.1 Å². The fraction of sp³-hybridized carbons (Fsp3) is 0.529. The van der Waals surface area contributed by atoms with Crippen molar-refractivity contribution in [3.05, 3.63) is 35.4 Å². The highest BCUT2D eigenvalue weighted by Crippen LogP contribution is 2.28. The van der Waals surface area contributed by atoms with Gasteiger partial charge < -0.3 is 15.4 Å². The molecule has 1 saturated heterocycles. The van der Waals surface area contributed by atoms with Gasteiger partial charge in [0.25, 0.3) is 0 Å². The zero-order valence-corrected chi connectivity index (χ0v) is 13.1. The largest absolute Gasteiger partial charge is 0.449 e. The van der Waals surface area contributed by atoms with Gasteiger partial charge in [0.05, 0.1) is 6.61 Å². The topological polar surface area (TPSA) is 72.6 Å². The van der Waals surface area contributed by atoms with Crippen LogP contribution in [0.2, 0.25) is 0 Å². The quantitative estimate of drug-likeness (QED) is 0.850. The van der Waals surface area contributed by atoms with E-state index in [0.717, 1.165) is 25.7 Å². The highest BCUT2D eigenvalue weighted by atomic mass is 16.6. The predicted molar refractivity (Wildman–Crippen MR) is 84.8 cm³/mol. The number of hydrogen-bond acceptors (Lipinski definition) is 3. The van der Waals surface area contributed by atoms with Crippen molar-refractivity contribution < 1.29 is 14.3 Å². The first-order valence-corrected chi connectivity index (χ1v) is 7.93. The Labute approximate surface area is 131 Å². The third kappa shape index (κ3) is 4.23. The van der Waals surface area contributed by atoms with E-state index in [9.17, 15) is 9.59 Å². The third-order valence-corrected chi connectivity index (χ3v) is 4.14. The number of primary amides is 1. The van der Waals surface area contributed by atoms with Crippen molar-refractivity contribution in [1.82, 2.24) is 4.90 Å². The maximum absolute atomic E-state index is 11.9. The number of likely N-dealkylation sites (tertiary alicyclic amines) is 1. The molecule has 2 amide bonds. The van der Waals surface area contributed by atoms with Crippen molar-refractivity contribution in [2.45, 2.75) is 38.5 Å². The second-order valence-corrected chi connectivity index (χ2v) is 5.72. The average molecular weight is 304 g/mol. The minimum absolute atomic E-state index is 0.198. The zero-order chi connectivity index (χ0) is 15.9. The van der Waals surface area contributed by atoms with E-state index in [4.69, 9.17) is 10.5 Å². The molecule has 2 N–H and O–H groups in total. The van der Waals surface area contributed by atoms with E-state index in [2.05, 4.69) is 6.92 Å². The average Bonchev–Trinajstić information content (AvgIpc) is 2.55. The van der Waals surface area contributed by atoms with Gasteiger partial charge in [-0.15, -0.1) is 0 Å². The third-order valence-electron chi connectivity index (χ3n) is 4.14. The first-order valence-electron chi connectivity index (χ1n) is 7.93. The lowest BCUT2D eigenvalue weighted by Gasteiger charge is -2.31. The predicted octanol–water partition coefficient (Wildman–Crippen LogP) is 2.90. The highest BCUT2D eigenvalue weighted by Gasteiger charge is 2.24. The van der Waals surface area contributed by atoms with Gasteiger partial charge in [0, 0.05) is 18.7 Å². The molecule has 1 aliphatic rings. The van der Waals surface area contributed by atoms with Crippen LogP contribution in [0.1, 0.15) is 54.4 Å². The summed E-state index contributed by atoms with van der Waals surface area (Å²) >= 11 is 0. The summed E-state index contributed by atoms with van der Waals surface area (Å²) < 4.78 is 5.24. The molecule has 0 aromatic heterocycles. The molecule has 5 heteroatoms. The molecule has 1 heterocycles. The number of amides is 2. The first kappa shape index (κ1) is 16.3. The standard InChI is InChI=1S/C17H24N2O3/c1-2-3-12-22-17(21)19-10-8-14(9-11-19)13-4-6-15(7-5-13)16(18)20/h4-7,14H,2-3,8-12H2,1H3,(H2,18,20). The summed E-state index contributed by atoms with van der Waals surface area (Å²) in [7, 11) is 0. The number of carbonyl (C=O) groups excluding carboxylic acids is 2. The highest BCUT2D eigenvalue weighted by molar-refractivity contribution is 5.92. The molecule has 0 saturated carbocycles. The molecule has 5 nitrogen and oxygen atoms in total. The first-order chi connectivity index (χ1) is 10.6. The molecule has 2 rings (SSSR count). The Morgan fingerprint density at radius 1 is 1.23 bits per heavy atom. The van der Waals surface area contributed by atoms with Gasteiger partial charge >= 0.3 is 6.09 Å². The van der Waals surface area contributed by atoms with Gasteiger partial charge in [-0.3, -0.25) is 4.79 Å². The molecule has 22 heavy (non-hydrogen) atoms. The normalized spacial score (nSPS) is 15.6. The molecule has 1 aromatic carbocycles. The van der Waals surface area contributed by atoms with Crippen molar-refractivity contribution in [2.24, 2.45) is 5.73 Å². The molecule has 0 aliphatic carbocycles. The molecule has 1 fully saturated rings. The lowest BCUT2D eigenvalue weighted by molar-refractivity contribution is 0.0915. The fourth-order valence-corrected chi connectivity index (χ4v) is 2.71. The summed E-state index contributed by atoms with van der Waals surface area (Å²) in [6, 6.07) is 7.45. The van der Waals surface area contributed by atoms with Crippen LogP contribution in [0.25, 0.3) is 0 Å². The van der Waals surface area contributed by atoms with E-state index in [1.54, 1.807) is 17.0 Å². The maximum atomic E-state index is 11.9. The summed E-state index contributed by atoms with van der Waals surface area (Å²) in [6.07, 6.45) is 3.57. The van der Waals surface area contributed by atoms with Gasteiger partial charge in [0.2, 0.25) is 5.91 Å². The van der Waals surface area contributed by atoms with Crippen molar-refractivity contribution in [3.63, 3.8) is 0 Å². The molecule has 1 aliphatic heterocycles. The summed E-state index contributed by atoms with van der Waals surface area (Å²) in [5.41, 5.74) is 6.97. The molecular weight excluding hydrogens is 280 g/mol. The minimum atomic E-state index is -0.406. The number of rotatable bonds is 5. The minimum Gasteiger partial charge on any atom is -0.449 e. The zero-order valence-electron chi connectivity index (χ0n) is 13.1. The molecule has 0 spiro atoms. The number of nitrogens with zero attached hydrogens (tertiary/aromatic N) is 1. The van der Waals surface area contributed by atoms with Crippen LogP contribution >= 0.6 is 0 Å². The SMILES string of the molecule is CCCCOC(=O)N1CCC(c2ccc(C(N)=O)cc2)CC1. The molecule has 120 valence electrons. The van der Waals surface area contributed by atoms with Crippen LogP contribution in [0.4, 0.5) is 4.79 Å². The second-order valence-electron chi connectivity index (χ2n) is 5.72. The van der Waals surface area contributed by atoms with Gasteiger partial charge in [0.1, 0.15) is 0 Å². The maximum Gasteiger partial charge on any atom is 0.409 e. The molecular formula is C17H24N2O3. The molecule has 0 atom stereocenters. The molecule has 0 unspecified atom stereocenters. The number of hydrogen-bond donors (Lipinski definition) is 1. The number of unbranched alkanes of at least 4 members (excludes halogenated alkanes) is 1. The van der Waals surface area contributed by atoms with Gasteiger partial charge in [-0.2, -0.15) is 0 Å². The van der Waals surface area contributed by atoms with Crippen molar-refractivity contribution in [3.8, 4) is 0 Å². The number of carbonyl (C=O) groups is 2. The van der Waals surface area contributed by atoms with Gasteiger partial charge in [-0.1, -0.05) is 25.5 Å². The number of ether oxygens (including phenoxy) is 1. The van der Waals surface area contributed by atoms with Crippen LogP contribution in [-0.2, 0) is 4.74 Å². The van der Waals surface area contributed by atoms with Crippen LogP contribution < -0.4 is 5.73 Å². The Kier molecular flexibility index (Phi) is 5.81. The Morgan fingerprint density at radius 3 is 2.41 bits per heavy atom. The van der Waals surface area contributed by atoms with E-state index < -0.39 is 5.91 Å². The van der Waals surface area contributed by atoms with Crippen LogP contribution in [0, 0.1) is 0 Å². The Balaban J connectivity index is 1.83. The molecule has 0 radical (unpaired) electrons. The van der Waals surface area contributed by atoms with Gasteiger partial charge in [-0.05, 0) is 42.9 Å². The van der Waals surface area contributed by atoms with Gasteiger partial charge in [-0.25, -0.2) is 4.79 Å². The summed E-state index contributed by atoms with van der Waals surface area (Å²) in [5, 5.41) is 0. The van der Waals surface area contributed by atoms with Gasteiger partial charge in [0.15, 0.2) is 0 Å². The van der Waals surface area contributed by atoms with Crippen LogP contribution in [-0.4, -0.2) is 36.6 Å². The van der Waals surface area contributed by atoms with Crippen LogP contribution in [0.5, 0.6) is 0 Å². The second kappa shape index (κ2) is 7.82. The Bertz CT molecular complexity index is 505. The smallest absolute Gasteiger partial charge is 0.409 e. The fourth-order valence-electron chi connectivity index (χ4n) is 2.71.